The van der Waals surface area contributed by atoms with Gasteiger partial charge in [0, 0.05) is 17.7 Å². The van der Waals surface area contributed by atoms with Crippen LogP contribution in [0.5, 0.6) is 17.2 Å². The van der Waals surface area contributed by atoms with Gasteiger partial charge in [0.1, 0.15) is 17.2 Å². The van der Waals surface area contributed by atoms with Crippen molar-refractivity contribution in [2.24, 2.45) is 0 Å². The first kappa shape index (κ1) is 26.1. The predicted octanol–water partition coefficient (Wildman–Crippen LogP) is 4.30. The topological polar surface area (TPSA) is 112 Å². The summed E-state index contributed by atoms with van der Waals surface area (Å²) in [5, 5.41) is 5.41. The van der Waals surface area contributed by atoms with Crippen LogP contribution in [-0.2, 0) is 14.3 Å². The highest BCUT2D eigenvalue weighted by Crippen LogP contribution is 2.24. The summed E-state index contributed by atoms with van der Waals surface area (Å²) >= 11 is 0. The van der Waals surface area contributed by atoms with E-state index in [0.717, 1.165) is 5.75 Å². The van der Waals surface area contributed by atoms with Crippen LogP contribution < -0.4 is 24.8 Å². The van der Waals surface area contributed by atoms with Gasteiger partial charge in [-0.05, 0) is 67.1 Å². The number of hydrogen-bond donors (Lipinski definition) is 2. The first-order chi connectivity index (χ1) is 17.5. The average molecular weight is 493 g/mol. The Morgan fingerprint density at radius 1 is 0.778 bits per heavy atom. The lowest BCUT2D eigenvalue weighted by Crippen LogP contribution is -2.21. The molecule has 188 valence electrons. The molecule has 3 aromatic rings. The maximum atomic E-state index is 12.5. The highest BCUT2D eigenvalue weighted by molar-refractivity contribution is 6.05. The van der Waals surface area contributed by atoms with Crippen molar-refractivity contribution in [1.29, 1.82) is 0 Å². The second-order valence-electron chi connectivity index (χ2n) is 7.57. The first-order valence-corrected chi connectivity index (χ1v) is 11.2. The minimum absolute atomic E-state index is 0.124. The summed E-state index contributed by atoms with van der Waals surface area (Å²) in [7, 11) is 3.11. The van der Waals surface area contributed by atoms with Crippen molar-refractivity contribution in [2.45, 2.75) is 12.8 Å². The molecule has 3 rings (SSSR count). The summed E-state index contributed by atoms with van der Waals surface area (Å²) in [6, 6.07) is 20.5. The minimum atomic E-state index is -0.494. The van der Waals surface area contributed by atoms with Gasteiger partial charge in [-0.25, -0.2) is 0 Å². The standard InChI is InChI=1S/C27H28N2O7/c1-33-21-13-15-22(16-14-21)35-17-5-8-26(31)36-18-25(30)28-20-11-9-19(10-12-20)27(32)29-23-6-3-4-7-24(23)34-2/h3-4,6-7,9-16H,5,8,17-18H2,1-2H3,(H,28,30)(H,29,32). The largest absolute Gasteiger partial charge is 0.497 e. The van der Waals surface area contributed by atoms with Crippen LogP contribution >= 0.6 is 0 Å². The quantitative estimate of drug-likeness (QED) is 0.286. The van der Waals surface area contributed by atoms with E-state index in [0.29, 0.717) is 41.5 Å². The molecule has 0 aliphatic carbocycles. The maximum Gasteiger partial charge on any atom is 0.306 e. The van der Waals surface area contributed by atoms with Crippen molar-refractivity contribution in [2.75, 3.05) is 38.1 Å². The number of hydrogen-bond acceptors (Lipinski definition) is 7. The van der Waals surface area contributed by atoms with Gasteiger partial charge in [0.2, 0.25) is 0 Å². The van der Waals surface area contributed by atoms with Crippen molar-refractivity contribution in [3.8, 4) is 17.2 Å². The van der Waals surface area contributed by atoms with E-state index in [-0.39, 0.29) is 12.3 Å². The predicted molar refractivity (Wildman–Crippen MR) is 135 cm³/mol. The highest BCUT2D eigenvalue weighted by atomic mass is 16.5. The second kappa shape index (κ2) is 13.4. The molecule has 9 nitrogen and oxygen atoms in total. The van der Waals surface area contributed by atoms with Gasteiger partial charge in [-0.2, -0.15) is 0 Å². The minimum Gasteiger partial charge on any atom is -0.497 e. The zero-order valence-electron chi connectivity index (χ0n) is 20.1. The average Bonchev–Trinajstić information content (AvgIpc) is 2.91. The lowest BCUT2D eigenvalue weighted by Gasteiger charge is -2.10. The molecular formula is C27H28N2O7. The third kappa shape index (κ3) is 8.05. The number of carbonyl (C=O) groups excluding carboxylic acids is 3. The molecule has 0 radical (unpaired) electrons. The van der Waals surface area contributed by atoms with Crippen LogP contribution in [0.25, 0.3) is 0 Å². The number of carbonyl (C=O) groups is 3. The van der Waals surface area contributed by atoms with Crippen LogP contribution in [0.4, 0.5) is 11.4 Å². The Morgan fingerprint density at radius 3 is 2.17 bits per heavy atom. The van der Waals surface area contributed by atoms with E-state index in [2.05, 4.69) is 10.6 Å². The number of esters is 1. The van der Waals surface area contributed by atoms with Crippen molar-refractivity contribution in [1.82, 2.24) is 0 Å². The van der Waals surface area contributed by atoms with Gasteiger partial charge in [-0.15, -0.1) is 0 Å². The molecule has 0 spiro atoms. The molecular weight excluding hydrogens is 464 g/mol. The molecule has 3 aromatic carbocycles. The van der Waals surface area contributed by atoms with Gasteiger partial charge in [0.15, 0.2) is 6.61 Å². The number of benzene rings is 3. The molecule has 0 fully saturated rings. The third-order valence-corrected chi connectivity index (χ3v) is 5.00. The van der Waals surface area contributed by atoms with Crippen LogP contribution in [0, 0.1) is 0 Å². The maximum absolute atomic E-state index is 12.5. The third-order valence-electron chi connectivity index (χ3n) is 5.00. The lowest BCUT2D eigenvalue weighted by molar-refractivity contribution is -0.147. The Morgan fingerprint density at radius 2 is 1.47 bits per heavy atom. The van der Waals surface area contributed by atoms with Crippen molar-refractivity contribution in [3.05, 3.63) is 78.4 Å². The normalized spacial score (nSPS) is 10.2. The summed E-state index contributed by atoms with van der Waals surface area (Å²) in [4.78, 5) is 36.5. The van der Waals surface area contributed by atoms with Crippen LogP contribution in [0.2, 0.25) is 0 Å². The van der Waals surface area contributed by atoms with E-state index in [1.54, 1.807) is 73.8 Å². The van der Waals surface area contributed by atoms with Gasteiger partial charge in [0.25, 0.3) is 11.8 Å². The molecule has 0 unspecified atom stereocenters. The summed E-state index contributed by atoms with van der Waals surface area (Å²) in [6.45, 7) is -0.0706. The van der Waals surface area contributed by atoms with E-state index >= 15 is 0 Å². The molecule has 0 aromatic heterocycles. The van der Waals surface area contributed by atoms with Crippen molar-refractivity contribution in [3.63, 3.8) is 0 Å². The Bertz CT molecular complexity index is 1160. The Hall–Kier alpha value is -4.53. The van der Waals surface area contributed by atoms with Crippen LogP contribution in [0.15, 0.2) is 72.8 Å². The zero-order chi connectivity index (χ0) is 25.8. The van der Waals surface area contributed by atoms with Gasteiger partial charge in [-0.3, -0.25) is 14.4 Å². The summed E-state index contributed by atoms with van der Waals surface area (Å²) < 4.78 is 20.9. The molecule has 0 aliphatic heterocycles. The summed E-state index contributed by atoms with van der Waals surface area (Å²) in [6.07, 6.45) is 0.574. The monoisotopic (exact) mass is 492 g/mol. The van der Waals surface area contributed by atoms with Crippen LogP contribution in [0.3, 0.4) is 0 Å². The number of para-hydroxylation sites is 2. The van der Waals surface area contributed by atoms with Crippen LogP contribution in [0.1, 0.15) is 23.2 Å². The zero-order valence-corrected chi connectivity index (χ0v) is 20.1. The molecule has 36 heavy (non-hydrogen) atoms. The summed E-state index contributed by atoms with van der Waals surface area (Å²) in [5.74, 6) is 0.661. The van der Waals surface area contributed by atoms with Crippen molar-refractivity contribution >= 4 is 29.2 Å². The van der Waals surface area contributed by atoms with E-state index in [9.17, 15) is 14.4 Å². The van der Waals surface area contributed by atoms with Gasteiger partial charge in [-0.1, -0.05) is 12.1 Å². The molecule has 0 bridgehead atoms. The van der Waals surface area contributed by atoms with Gasteiger partial charge in [0.05, 0.1) is 26.5 Å². The van der Waals surface area contributed by atoms with Crippen LogP contribution in [-0.4, -0.2) is 45.2 Å². The highest BCUT2D eigenvalue weighted by Gasteiger charge is 2.11. The SMILES string of the molecule is COc1ccc(OCCCC(=O)OCC(=O)Nc2ccc(C(=O)Nc3ccccc3OC)cc2)cc1. The number of rotatable bonds is 12. The molecule has 2 amide bonds. The second-order valence-corrected chi connectivity index (χ2v) is 7.57. The molecule has 0 heterocycles. The Kier molecular flexibility index (Phi) is 9.69. The molecule has 0 aliphatic rings. The Labute approximate surface area is 209 Å². The van der Waals surface area contributed by atoms with Gasteiger partial charge >= 0.3 is 5.97 Å². The number of amides is 2. The van der Waals surface area contributed by atoms with E-state index in [4.69, 9.17) is 18.9 Å². The number of methoxy groups -OCH3 is 2. The first-order valence-electron chi connectivity index (χ1n) is 11.2. The fourth-order valence-corrected chi connectivity index (χ4v) is 3.14. The lowest BCUT2D eigenvalue weighted by atomic mass is 10.2. The van der Waals surface area contributed by atoms with E-state index in [1.165, 1.54) is 7.11 Å². The fourth-order valence-electron chi connectivity index (χ4n) is 3.14. The van der Waals surface area contributed by atoms with Gasteiger partial charge < -0.3 is 29.6 Å². The molecule has 9 heteroatoms. The molecule has 0 saturated carbocycles. The van der Waals surface area contributed by atoms with E-state index in [1.807, 2.05) is 6.07 Å². The smallest absolute Gasteiger partial charge is 0.306 e. The van der Waals surface area contributed by atoms with Crippen molar-refractivity contribution < 1.29 is 33.3 Å². The molecule has 0 atom stereocenters. The summed E-state index contributed by atoms with van der Waals surface area (Å²) in [5.41, 5.74) is 1.43. The molecule has 2 N–H and O–H groups in total. The Balaban J connectivity index is 1.36. The fraction of sp³-hybridized carbons (Fsp3) is 0.222. The number of anilines is 2. The molecule has 0 saturated heterocycles. The number of ether oxygens (including phenoxy) is 4. The number of nitrogens with one attached hydrogen (secondary N) is 2. The van der Waals surface area contributed by atoms with E-state index < -0.39 is 18.5 Å².